The van der Waals surface area contributed by atoms with Crippen molar-refractivity contribution >= 4 is 33.2 Å². The fraction of sp³-hybridized carbons (Fsp3) is 0.143. The van der Waals surface area contributed by atoms with Crippen molar-refractivity contribution in [1.29, 1.82) is 0 Å². The van der Waals surface area contributed by atoms with Gasteiger partial charge in [-0.1, -0.05) is 39.7 Å². The zero-order valence-electron chi connectivity index (χ0n) is 9.86. The summed E-state index contributed by atoms with van der Waals surface area (Å²) in [6.07, 6.45) is -0.111. The van der Waals surface area contributed by atoms with Crippen molar-refractivity contribution in [2.45, 2.75) is 13.0 Å². The third-order valence-electron chi connectivity index (χ3n) is 2.58. The second kappa shape index (κ2) is 5.63. The summed E-state index contributed by atoms with van der Waals surface area (Å²) < 4.78 is 6.78. The first-order chi connectivity index (χ1) is 8.56. The average molecular weight is 327 g/mol. The summed E-state index contributed by atoms with van der Waals surface area (Å²) in [7, 11) is 0. The minimum Gasteiger partial charge on any atom is -0.484 e. The molecule has 0 saturated heterocycles. The molecule has 0 amide bonds. The zero-order valence-corrected chi connectivity index (χ0v) is 12.2. The highest BCUT2D eigenvalue weighted by Gasteiger charge is 2.10. The van der Waals surface area contributed by atoms with Crippen LogP contribution in [0, 0.1) is 0 Å². The van der Waals surface area contributed by atoms with Gasteiger partial charge >= 0.3 is 0 Å². The smallest absolute Gasteiger partial charge is 0.139 e. The second-order valence-electron chi connectivity index (χ2n) is 4.00. The van der Waals surface area contributed by atoms with Gasteiger partial charge in [0.25, 0.3) is 0 Å². The summed E-state index contributed by atoms with van der Waals surface area (Å²) in [4.78, 5) is 0. The number of hydrogen-bond donors (Lipinski definition) is 1. The monoisotopic (exact) mass is 325 g/mol. The standard InChI is InChI=1S/C14H13BrClNO/c1-9(10-3-2-4-12(17)7-10)18-14-8-11(15)5-6-13(14)16/h2-9H,17H2,1H3. The molecule has 2 aromatic carbocycles. The van der Waals surface area contributed by atoms with E-state index >= 15 is 0 Å². The lowest BCUT2D eigenvalue weighted by atomic mass is 10.1. The largest absolute Gasteiger partial charge is 0.484 e. The summed E-state index contributed by atoms with van der Waals surface area (Å²) in [6.45, 7) is 1.96. The normalized spacial score (nSPS) is 12.2. The summed E-state index contributed by atoms with van der Waals surface area (Å²) >= 11 is 9.48. The van der Waals surface area contributed by atoms with Gasteiger partial charge < -0.3 is 10.5 Å². The molecule has 1 unspecified atom stereocenters. The van der Waals surface area contributed by atoms with Gasteiger partial charge in [0, 0.05) is 10.2 Å². The van der Waals surface area contributed by atoms with Crippen molar-refractivity contribution in [2.24, 2.45) is 0 Å². The molecule has 0 fully saturated rings. The summed E-state index contributed by atoms with van der Waals surface area (Å²) in [5, 5.41) is 0.592. The molecule has 0 aliphatic carbocycles. The van der Waals surface area contributed by atoms with E-state index in [0.717, 1.165) is 15.7 Å². The van der Waals surface area contributed by atoms with Gasteiger partial charge in [-0.15, -0.1) is 0 Å². The Bertz CT molecular complexity index is 559. The van der Waals surface area contributed by atoms with E-state index in [2.05, 4.69) is 15.9 Å². The van der Waals surface area contributed by atoms with Crippen LogP contribution >= 0.6 is 27.5 Å². The van der Waals surface area contributed by atoms with Crippen LogP contribution in [-0.4, -0.2) is 0 Å². The fourth-order valence-corrected chi connectivity index (χ4v) is 2.14. The van der Waals surface area contributed by atoms with Gasteiger partial charge in [0.1, 0.15) is 11.9 Å². The highest BCUT2D eigenvalue weighted by Crippen LogP contribution is 2.31. The topological polar surface area (TPSA) is 35.2 Å². The van der Waals surface area contributed by atoms with Gasteiger partial charge in [0.2, 0.25) is 0 Å². The van der Waals surface area contributed by atoms with Crippen molar-refractivity contribution in [2.75, 3.05) is 5.73 Å². The van der Waals surface area contributed by atoms with E-state index in [9.17, 15) is 0 Å². The van der Waals surface area contributed by atoms with Gasteiger partial charge in [-0.05, 0) is 42.8 Å². The van der Waals surface area contributed by atoms with Crippen LogP contribution in [0.3, 0.4) is 0 Å². The lowest BCUT2D eigenvalue weighted by Gasteiger charge is -2.16. The molecule has 4 heteroatoms. The van der Waals surface area contributed by atoms with Crippen molar-refractivity contribution < 1.29 is 4.74 Å². The van der Waals surface area contributed by atoms with Crippen molar-refractivity contribution in [3.05, 3.63) is 57.5 Å². The van der Waals surface area contributed by atoms with Gasteiger partial charge in [-0.2, -0.15) is 0 Å². The molecule has 0 spiro atoms. The highest BCUT2D eigenvalue weighted by molar-refractivity contribution is 9.10. The Kier molecular flexibility index (Phi) is 4.15. The van der Waals surface area contributed by atoms with Crippen LogP contribution < -0.4 is 10.5 Å². The van der Waals surface area contributed by atoms with Crippen LogP contribution in [0.15, 0.2) is 46.9 Å². The van der Waals surface area contributed by atoms with Crippen LogP contribution in [0.5, 0.6) is 5.75 Å². The van der Waals surface area contributed by atoms with Crippen molar-refractivity contribution in [3.63, 3.8) is 0 Å². The Morgan fingerprint density at radius 2 is 2.00 bits per heavy atom. The third-order valence-corrected chi connectivity index (χ3v) is 3.38. The molecular formula is C14H13BrClNO. The maximum Gasteiger partial charge on any atom is 0.139 e. The molecule has 94 valence electrons. The minimum absolute atomic E-state index is 0.111. The molecule has 0 saturated carbocycles. The molecule has 0 heterocycles. The average Bonchev–Trinajstić information content (AvgIpc) is 2.34. The molecule has 0 aliphatic heterocycles. The van der Waals surface area contributed by atoms with Crippen LogP contribution in [-0.2, 0) is 0 Å². The lowest BCUT2D eigenvalue weighted by Crippen LogP contribution is -2.04. The molecule has 1 atom stereocenters. The van der Waals surface area contributed by atoms with Crippen molar-refractivity contribution in [1.82, 2.24) is 0 Å². The second-order valence-corrected chi connectivity index (χ2v) is 5.33. The van der Waals surface area contributed by atoms with E-state index in [1.165, 1.54) is 0 Å². The van der Waals surface area contributed by atoms with Crippen molar-refractivity contribution in [3.8, 4) is 5.75 Å². The summed E-state index contributed by atoms with van der Waals surface area (Å²) in [5.74, 6) is 0.654. The molecule has 2 N–H and O–H groups in total. The predicted molar refractivity (Wildman–Crippen MR) is 79.0 cm³/mol. The van der Waals surface area contributed by atoms with Gasteiger partial charge in [0.05, 0.1) is 5.02 Å². The lowest BCUT2D eigenvalue weighted by molar-refractivity contribution is 0.227. The highest BCUT2D eigenvalue weighted by atomic mass is 79.9. The van der Waals surface area contributed by atoms with E-state index in [0.29, 0.717) is 10.8 Å². The molecule has 0 radical (unpaired) electrons. The molecule has 2 aromatic rings. The summed E-state index contributed by atoms with van der Waals surface area (Å²) in [6, 6.07) is 13.2. The first kappa shape index (κ1) is 13.2. The number of anilines is 1. The SMILES string of the molecule is CC(Oc1cc(Br)ccc1Cl)c1cccc(N)c1. The molecule has 0 aromatic heterocycles. The van der Waals surface area contributed by atoms with E-state index in [-0.39, 0.29) is 6.10 Å². The number of benzene rings is 2. The summed E-state index contributed by atoms with van der Waals surface area (Å²) in [5.41, 5.74) is 7.50. The molecule has 18 heavy (non-hydrogen) atoms. The number of ether oxygens (including phenoxy) is 1. The first-order valence-electron chi connectivity index (χ1n) is 5.53. The number of halogens is 2. The van der Waals surface area contributed by atoms with Gasteiger partial charge in [-0.3, -0.25) is 0 Å². The zero-order chi connectivity index (χ0) is 13.1. The Morgan fingerprint density at radius 1 is 1.22 bits per heavy atom. The fourth-order valence-electron chi connectivity index (χ4n) is 1.64. The van der Waals surface area contributed by atoms with E-state index in [4.69, 9.17) is 22.1 Å². The van der Waals surface area contributed by atoms with Crippen LogP contribution in [0.25, 0.3) is 0 Å². The van der Waals surface area contributed by atoms with Crippen LogP contribution in [0.2, 0.25) is 5.02 Å². The van der Waals surface area contributed by atoms with Gasteiger partial charge in [-0.25, -0.2) is 0 Å². The van der Waals surface area contributed by atoms with E-state index in [1.54, 1.807) is 6.07 Å². The predicted octanol–water partition coefficient (Wildman–Crippen LogP) is 4.82. The van der Waals surface area contributed by atoms with Crippen LogP contribution in [0.4, 0.5) is 5.69 Å². The number of nitrogen functional groups attached to an aromatic ring is 1. The number of rotatable bonds is 3. The molecule has 0 bridgehead atoms. The van der Waals surface area contributed by atoms with E-state index in [1.807, 2.05) is 43.3 Å². The van der Waals surface area contributed by atoms with E-state index < -0.39 is 0 Å². The molecule has 2 rings (SSSR count). The third kappa shape index (κ3) is 3.18. The Balaban J connectivity index is 2.21. The van der Waals surface area contributed by atoms with Gasteiger partial charge in [0.15, 0.2) is 0 Å². The Hall–Kier alpha value is -1.19. The number of nitrogens with two attached hydrogens (primary N) is 1. The maximum absolute atomic E-state index is 6.09. The quantitative estimate of drug-likeness (QED) is 0.820. The molecule has 2 nitrogen and oxygen atoms in total. The molecule has 0 aliphatic rings. The Labute approximate surface area is 120 Å². The number of hydrogen-bond acceptors (Lipinski definition) is 2. The van der Waals surface area contributed by atoms with Crippen LogP contribution in [0.1, 0.15) is 18.6 Å². The minimum atomic E-state index is -0.111. The first-order valence-corrected chi connectivity index (χ1v) is 6.70. The maximum atomic E-state index is 6.09. The molecular weight excluding hydrogens is 314 g/mol. The Morgan fingerprint density at radius 3 is 2.72 bits per heavy atom.